The van der Waals surface area contributed by atoms with Gasteiger partial charge in [-0.25, -0.2) is 4.98 Å². The van der Waals surface area contributed by atoms with E-state index in [-0.39, 0.29) is 34.9 Å². The fraction of sp³-hybridized carbons (Fsp3) is 0.364. The number of hydrogen-bond donors (Lipinski definition) is 4. The van der Waals surface area contributed by atoms with Gasteiger partial charge in [-0.15, -0.1) is 0 Å². The molecule has 5 N–H and O–H groups in total. The third-order valence-electron chi connectivity index (χ3n) is 5.17. The number of carbonyl (C=O) groups is 2. The average molecular weight is 406 g/mol. The van der Waals surface area contributed by atoms with Gasteiger partial charge < -0.3 is 21.7 Å². The van der Waals surface area contributed by atoms with Gasteiger partial charge in [0.1, 0.15) is 17.7 Å². The summed E-state index contributed by atoms with van der Waals surface area (Å²) in [6.07, 6.45) is 3.74. The number of aryl methyl sites for hydroxylation is 1. The van der Waals surface area contributed by atoms with Gasteiger partial charge in [-0.2, -0.15) is 5.26 Å². The van der Waals surface area contributed by atoms with Gasteiger partial charge >= 0.3 is 0 Å². The van der Waals surface area contributed by atoms with E-state index < -0.39 is 5.91 Å². The van der Waals surface area contributed by atoms with Crippen molar-refractivity contribution < 1.29 is 9.59 Å². The fourth-order valence-corrected chi connectivity index (χ4v) is 3.76. The van der Waals surface area contributed by atoms with Crippen molar-refractivity contribution in [3.05, 3.63) is 47.0 Å². The van der Waals surface area contributed by atoms with Crippen LogP contribution in [0.2, 0.25) is 0 Å². The number of anilines is 3. The van der Waals surface area contributed by atoms with Crippen molar-refractivity contribution in [2.75, 3.05) is 10.6 Å². The maximum Gasteiger partial charge on any atom is 0.252 e. The van der Waals surface area contributed by atoms with Crippen molar-refractivity contribution >= 4 is 29.1 Å². The third-order valence-corrected chi connectivity index (χ3v) is 5.17. The van der Waals surface area contributed by atoms with Gasteiger partial charge in [-0.05, 0) is 43.5 Å². The second kappa shape index (κ2) is 9.27. The summed E-state index contributed by atoms with van der Waals surface area (Å²) in [5.41, 5.74) is 7.71. The minimum absolute atomic E-state index is 0.0476. The summed E-state index contributed by atoms with van der Waals surface area (Å²) < 4.78 is 0. The van der Waals surface area contributed by atoms with Crippen LogP contribution in [0.4, 0.5) is 17.3 Å². The molecule has 2 amide bonds. The van der Waals surface area contributed by atoms with Crippen LogP contribution in [0.25, 0.3) is 0 Å². The normalized spacial score (nSPS) is 18.2. The lowest BCUT2D eigenvalue weighted by atomic mass is 9.90. The molecule has 1 aliphatic carbocycles. The predicted molar refractivity (Wildman–Crippen MR) is 115 cm³/mol. The van der Waals surface area contributed by atoms with Gasteiger partial charge in [-0.3, -0.25) is 9.59 Å². The Hall–Kier alpha value is -3.60. The van der Waals surface area contributed by atoms with E-state index in [1.807, 2.05) is 31.2 Å². The molecule has 0 spiro atoms. The summed E-state index contributed by atoms with van der Waals surface area (Å²) >= 11 is 0. The molecule has 0 saturated heterocycles. The van der Waals surface area contributed by atoms with Crippen LogP contribution in [0.3, 0.4) is 0 Å². The highest BCUT2D eigenvalue weighted by Crippen LogP contribution is 2.28. The molecule has 3 rings (SSSR count). The first-order valence-corrected chi connectivity index (χ1v) is 9.99. The smallest absolute Gasteiger partial charge is 0.252 e. The highest BCUT2D eigenvalue weighted by molar-refractivity contribution is 5.99. The molecular weight excluding hydrogens is 380 g/mol. The number of aromatic nitrogens is 1. The van der Waals surface area contributed by atoms with Gasteiger partial charge in [0, 0.05) is 24.7 Å². The first-order chi connectivity index (χ1) is 14.4. The number of primary amides is 1. The quantitative estimate of drug-likeness (QED) is 0.583. The van der Waals surface area contributed by atoms with E-state index in [0.717, 1.165) is 36.9 Å². The van der Waals surface area contributed by atoms with E-state index >= 15 is 0 Å². The lowest BCUT2D eigenvalue weighted by Crippen LogP contribution is -2.48. The van der Waals surface area contributed by atoms with Gasteiger partial charge in [0.05, 0.1) is 11.1 Å². The zero-order valence-electron chi connectivity index (χ0n) is 17.2. The van der Waals surface area contributed by atoms with Crippen LogP contribution in [0, 0.1) is 18.3 Å². The van der Waals surface area contributed by atoms with Crippen LogP contribution < -0.4 is 21.7 Å². The van der Waals surface area contributed by atoms with Crippen LogP contribution in [-0.4, -0.2) is 28.9 Å². The Labute approximate surface area is 175 Å². The van der Waals surface area contributed by atoms with E-state index in [2.05, 4.69) is 27.0 Å². The second-order valence-electron chi connectivity index (χ2n) is 7.59. The zero-order valence-corrected chi connectivity index (χ0v) is 17.2. The molecule has 1 aromatic carbocycles. The number of hydrogen-bond acceptors (Lipinski definition) is 6. The predicted octanol–water partition coefficient (Wildman–Crippen LogP) is 2.96. The van der Waals surface area contributed by atoms with Crippen LogP contribution in [-0.2, 0) is 4.79 Å². The molecule has 1 heterocycles. The SMILES string of the molecule is CC(=O)N[C@H]1CCCC[C@H]1Nc1nc(Nc2cccc(C)c2)c(C(N)=O)cc1C#N. The van der Waals surface area contributed by atoms with E-state index in [4.69, 9.17) is 5.73 Å². The highest BCUT2D eigenvalue weighted by atomic mass is 16.1. The van der Waals surface area contributed by atoms with Crippen LogP contribution in [0.15, 0.2) is 30.3 Å². The Kier molecular flexibility index (Phi) is 6.52. The molecule has 0 radical (unpaired) electrons. The Morgan fingerprint density at radius 2 is 1.90 bits per heavy atom. The largest absolute Gasteiger partial charge is 0.365 e. The number of nitriles is 1. The number of nitrogens with one attached hydrogen (secondary N) is 3. The molecule has 2 aromatic rings. The molecule has 2 atom stereocenters. The molecular formula is C22H26N6O2. The van der Waals surface area contributed by atoms with Crippen molar-refractivity contribution in [2.45, 2.75) is 51.6 Å². The average Bonchev–Trinajstić information content (AvgIpc) is 2.69. The standard InChI is InChI=1S/C22H26N6O2/c1-13-6-5-7-16(10-13)26-22-17(20(24)30)11-15(12-23)21(28-22)27-19-9-4-3-8-18(19)25-14(2)29/h5-7,10-11,18-19H,3-4,8-9H2,1-2H3,(H2,24,30)(H,25,29)(H2,26,27,28)/t18-,19+/m0/s1. The number of rotatable bonds is 6. The number of pyridine rings is 1. The monoisotopic (exact) mass is 406 g/mol. The molecule has 1 aliphatic rings. The lowest BCUT2D eigenvalue weighted by molar-refractivity contribution is -0.119. The number of amides is 2. The molecule has 8 nitrogen and oxygen atoms in total. The van der Waals surface area contributed by atoms with Crippen LogP contribution >= 0.6 is 0 Å². The van der Waals surface area contributed by atoms with Crippen LogP contribution in [0.1, 0.15) is 54.1 Å². The number of benzene rings is 1. The third kappa shape index (κ3) is 5.06. The molecule has 0 unspecified atom stereocenters. The topological polar surface area (TPSA) is 133 Å². The number of nitrogens with zero attached hydrogens (tertiary/aromatic N) is 2. The summed E-state index contributed by atoms with van der Waals surface area (Å²) in [5, 5.41) is 19.0. The van der Waals surface area contributed by atoms with Crippen molar-refractivity contribution in [3.63, 3.8) is 0 Å². The minimum atomic E-state index is -0.672. The summed E-state index contributed by atoms with van der Waals surface area (Å²) in [6, 6.07) is 11.1. The van der Waals surface area contributed by atoms with Crippen LogP contribution in [0.5, 0.6) is 0 Å². The Morgan fingerprint density at radius 3 is 2.53 bits per heavy atom. The van der Waals surface area contributed by atoms with E-state index in [1.54, 1.807) is 0 Å². The Morgan fingerprint density at radius 1 is 1.17 bits per heavy atom. The van der Waals surface area contributed by atoms with Gasteiger partial charge in [0.15, 0.2) is 0 Å². The molecule has 1 fully saturated rings. The molecule has 1 saturated carbocycles. The molecule has 0 bridgehead atoms. The summed E-state index contributed by atoms with van der Waals surface area (Å²) in [7, 11) is 0. The van der Waals surface area contributed by atoms with Gasteiger partial charge in [0.2, 0.25) is 5.91 Å². The van der Waals surface area contributed by atoms with E-state index in [1.165, 1.54) is 13.0 Å². The van der Waals surface area contributed by atoms with E-state index in [9.17, 15) is 14.9 Å². The second-order valence-corrected chi connectivity index (χ2v) is 7.59. The minimum Gasteiger partial charge on any atom is -0.365 e. The Bertz CT molecular complexity index is 998. The molecule has 156 valence electrons. The number of carbonyl (C=O) groups excluding carboxylic acids is 2. The van der Waals surface area contributed by atoms with Crippen molar-refractivity contribution in [3.8, 4) is 6.07 Å². The molecule has 0 aliphatic heterocycles. The molecule has 8 heteroatoms. The molecule has 30 heavy (non-hydrogen) atoms. The zero-order chi connectivity index (χ0) is 21.7. The maximum absolute atomic E-state index is 12.0. The van der Waals surface area contributed by atoms with Crippen molar-refractivity contribution in [1.82, 2.24) is 10.3 Å². The summed E-state index contributed by atoms with van der Waals surface area (Å²) in [4.78, 5) is 28.1. The highest BCUT2D eigenvalue weighted by Gasteiger charge is 2.27. The maximum atomic E-state index is 12.0. The van der Waals surface area contributed by atoms with Crippen molar-refractivity contribution in [1.29, 1.82) is 5.26 Å². The first-order valence-electron chi connectivity index (χ1n) is 9.99. The van der Waals surface area contributed by atoms with E-state index in [0.29, 0.717) is 5.82 Å². The lowest BCUT2D eigenvalue weighted by Gasteiger charge is -2.33. The summed E-state index contributed by atoms with van der Waals surface area (Å²) in [6.45, 7) is 3.46. The number of nitrogens with two attached hydrogens (primary N) is 1. The summed E-state index contributed by atoms with van der Waals surface area (Å²) in [5.74, 6) is -0.121. The van der Waals surface area contributed by atoms with Gasteiger partial charge in [0.25, 0.3) is 5.91 Å². The first kappa shape index (κ1) is 21.1. The molecule has 1 aromatic heterocycles. The van der Waals surface area contributed by atoms with Gasteiger partial charge in [-0.1, -0.05) is 25.0 Å². The van der Waals surface area contributed by atoms with Crippen molar-refractivity contribution in [2.24, 2.45) is 5.73 Å². The fourth-order valence-electron chi connectivity index (χ4n) is 3.76. The Balaban J connectivity index is 1.96.